The number of thiazole rings is 1. The van der Waals surface area contributed by atoms with Crippen LogP contribution < -0.4 is 4.90 Å². The van der Waals surface area contributed by atoms with E-state index in [4.69, 9.17) is 9.72 Å². The number of anilines is 1. The lowest BCUT2D eigenvalue weighted by atomic mass is 10.2. The van der Waals surface area contributed by atoms with Crippen LogP contribution >= 0.6 is 23.1 Å². The highest BCUT2D eigenvalue weighted by atomic mass is 32.2. The number of hydrogen-bond donors (Lipinski definition) is 0. The Morgan fingerprint density at radius 2 is 1.62 bits per heavy atom. The molecule has 0 N–H and O–H groups in total. The van der Waals surface area contributed by atoms with E-state index in [-0.39, 0.29) is 0 Å². The van der Waals surface area contributed by atoms with Crippen molar-refractivity contribution >= 4 is 29.0 Å². The molecule has 0 aliphatic carbocycles. The van der Waals surface area contributed by atoms with E-state index >= 15 is 0 Å². The van der Waals surface area contributed by atoms with Crippen molar-refractivity contribution in [1.82, 2.24) is 19.7 Å². The van der Waals surface area contributed by atoms with Crippen molar-refractivity contribution < 1.29 is 4.74 Å². The number of rotatable bonds is 8. The molecular formula is C24H25N5OS2. The van der Waals surface area contributed by atoms with E-state index in [0.29, 0.717) is 0 Å². The highest BCUT2D eigenvalue weighted by Crippen LogP contribution is 2.27. The topological polar surface area (TPSA) is 56.1 Å². The van der Waals surface area contributed by atoms with Crippen molar-refractivity contribution in [1.29, 1.82) is 0 Å². The Morgan fingerprint density at radius 1 is 0.906 bits per heavy atom. The van der Waals surface area contributed by atoms with Gasteiger partial charge < -0.3 is 9.64 Å². The third-order valence-electron chi connectivity index (χ3n) is 5.32. The number of benzene rings is 2. The second-order valence-electron chi connectivity index (χ2n) is 7.64. The van der Waals surface area contributed by atoms with Crippen LogP contribution in [-0.4, -0.2) is 46.1 Å². The number of ether oxygens (including phenoxy) is 1. The molecule has 0 saturated carbocycles. The minimum atomic E-state index is 0.726. The summed E-state index contributed by atoms with van der Waals surface area (Å²) in [5, 5.41) is 13.3. The average Bonchev–Trinajstić information content (AvgIpc) is 3.46. The van der Waals surface area contributed by atoms with Crippen LogP contribution in [0, 0.1) is 0 Å². The fourth-order valence-corrected chi connectivity index (χ4v) is 5.45. The summed E-state index contributed by atoms with van der Waals surface area (Å²) in [4.78, 5) is 7.11. The third kappa shape index (κ3) is 5.20. The van der Waals surface area contributed by atoms with Crippen molar-refractivity contribution in [2.45, 2.75) is 23.9 Å². The zero-order chi connectivity index (χ0) is 21.6. The van der Waals surface area contributed by atoms with Crippen molar-refractivity contribution in [3.05, 3.63) is 87.9 Å². The molecule has 3 heterocycles. The molecule has 1 aliphatic heterocycles. The number of nitrogens with zero attached hydrogens (tertiary/aromatic N) is 5. The third-order valence-corrected chi connectivity index (χ3v) is 7.22. The van der Waals surface area contributed by atoms with Gasteiger partial charge in [0.25, 0.3) is 0 Å². The molecule has 2 aromatic carbocycles. The molecule has 0 amide bonds. The van der Waals surface area contributed by atoms with Gasteiger partial charge in [0.05, 0.1) is 30.5 Å². The standard InChI is InChI=1S/C24H25N5OS2/c1-3-7-19(8-4-1)15-22-25-21(17-31-22)18-32-24-27-26-23(28-11-13-30-14-12-28)29(24)16-20-9-5-2-6-10-20/h1-10,17H,11-16,18H2. The van der Waals surface area contributed by atoms with Crippen molar-refractivity contribution in [3.63, 3.8) is 0 Å². The molecule has 5 rings (SSSR count). The van der Waals surface area contributed by atoms with Gasteiger partial charge in [0.15, 0.2) is 5.16 Å². The van der Waals surface area contributed by atoms with E-state index in [2.05, 4.69) is 73.6 Å². The first-order valence-corrected chi connectivity index (χ1v) is 12.6. The smallest absolute Gasteiger partial charge is 0.228 e. The minimum absolute atomic E-state index is 0.726. The molecule has 164 valence electrons. The summed E-state index contributed by atoms with van der Waals surface area (Å²) >= 11 is 3.42. The molecule has 0 unspecified atom stereocenters. The second kappa shape index (κ2) is 10.3. The van der Waals surface area contributed by atoms with Gasteiger partial charge in [0, 0.05) is 30.6 Å². The fourth-order valence-electron chi connectivity index (χ4n) is 3.69. The summed E-state index contributed by atoms with van der Waals surface area (Å²) in [5.41, 5.74) is 3.62. The zero-order valence-electron chi connectivity index (χ0n) is 17.8. The lowest BCUT2D eigenvalue weighted by molar-refractivity contribution is 0.121. The van der Waals surface area contributed by atoms with Crippen LogP contribution in [0.25, 0.3) is 0 Å². The molecule has 4 aromatic rings. The highest BCUT2D eigenvalue weighted by molar-refractivity contribution is 7.98. The molecule has 0 bridgehead atoms. The van der Waals surface area contributed by atoms with Crippen LogP contribution in [0.4, 0.5) is 5.95 Å². The van der Waals surface area contributed by atoms with Gasteiger partial charge in [0.2, 0.25) is 5.95 Å². The maximum Gasteiger partial charge on any atom is 0.228 e. The monoisotopic (exact) mass is 463 g/mol. The van der Waals surface area contributed by atoms with Crippen molar-refractivity contribution in [3.8, 4) is 0 Å². The number of thioether (sulfide) groups is 1. The number of hydrogen-bond acceptors (Lipinski definition) is 7. The van der Waals surface area contributed by atoms with Gasteiger partial charge in [-0.15, -0.1) is 21.5 Å². The summed E-state index contributed by atoms with van der Waals surface area (Å²) in [5.74, 6) is 1.70. The highest BCUT2D eigenvalue weighted by Gasteiger charge is 2.21. The van der Waals surface area contributed by atoms with Crippen LogP contribution in [0.15, 0.2) is 71.2 Å². The van der Waals surface area contributed by atoms with Gasteiger partial charge in [-0.3, -0.25) is 4.57 Å². The summed E-state index contributed by atoms with van der Waals surface area (Å²) in [7, 11) is 0. The molecule has 1 aliphatic rings. The Balaban J connectivity index is 1.31. The summed E-state index contributed by atoms with van der Waals surface area (Å²) < 4.78 is 7.75. The first-order valence-electron chi connectivity index (χ1n) is 10.7. The fraction of sp³-hybridized carbons (Fsp3) is 0.292. The van der Waals surface area contributed by atoms with Crippen molar-refractivity contribution in [2.75, 3.05) is 31.2 Å². The predicted octanol–water partition coefficient (Wildman–Crippen LogP) is 4.50. The SMILES string of the molecule is c1ccc(Cc2nc(CSc3nnc(N4CCOCC4)n3Cc3ccccc3)cs2)cc1. The van der Waals surface area contributed by atoms with Crippen LogP contribution in [-0.2, 0) is 23.5 Å². The Bertz CT molecular complexity index is 1120. The van der Waals surface area contributed by atoms with Crippen LogP contribution in [0.1, 0.15) is 21.8 Å². The largest absolute Gasteiger partial charge is 0.378 e. The average molecular weight is 464 g/mol. The lowest BCUT2D eigenvalue weighted by Gasteiger charge is -2.28. The summed E-state index contributed by atoms with van der Waals surface area (Å²) in [6, 6.07) is 21.0. The van der Waals surface area contributed by atoms with E-state index < -0.39 is 0 Å². The molecule has 2 aromatic heterocycles. The Hall–Kier alpha value is -2.68. The Kier molecular flexibility index (Phi) is 6.81. The molecule has 6 nitrogen and oxygen atoms in total. The minimum Gasteiger partial charge on any atom is -0.378 e. The summed E-state index contributed by atoms with van der Waals surface area (Å²) in [6.45, 7) is 3.88. The molecule has 1 saturated heterocycles. The van der Waals surface area contributed by atoms with Crippen molar-refractivity contribution in [2.24, 2.45) is 0 Å². The van der Waals surface area contributed by atoms with Crippen LogP contribution in [0.2, 0.25) is 0 Å². The lowest BCUT2D eigenvalue weighted by Crippen LogP contribution is -2.38. The molecule has 32 heavy (non-hydrogen) atoms. The van der Waals surface area contributed by atoms with E-state index in [1.54, 1.807) is 23.1 Å². The predicted molar refractivity (Wildman–Crippen MR) is 130 cm³/mol. The normalized spacial score (nSPS) is 14.1. The van der Waals surface area contributed by atoms with Gasteiger partial charge in [-0.2, -0.15) is 0 Å². The quantitative estimate of drug-likeness (QED) is 0.359. The first kappa shape index (κ1) is 21.2. The summed E-state index contributed by atoms with van der Waals surface area (Å²) in [6.07, 6.45) is 0.877. The molecule has 0 atom stereocenters. The van der Waals surface area contributed by atoms with Gasteiger partial charge >= 0.3 is 0 Å². The van der Waals surface area contributed by atoms with E-state index in [1.807, 2.05) is 12.1 Å². The maximum atomic E-state index is 5.52. The Morgan fingerprint density at radius 3 is 2.38 bits per heavy atom. The molecular weight excluding hydrogens is 438 g/mol. The van der Waals surface area contributed by atoms with Gasteiger partial charge in [0.1, 0.15) is 0 Å². The maximum absolute atomic E-state index is 5.52. The van der Waals surface area contributed by atoms with Crippen LogP contribution in [0.3, 0.4) is 0 Å². The molecule has 0 radical (unpaired) electrons. The molecule has 8 heteroatoms. The molecule has 0 spiro atoms. The first-order chi connectivity index (χ1) is 15.8. The van der Waals surface area contributed by atoms with Gasteiger partial charge in [-0.25, -0.2) is 4.98 Å². The second-order valence-corrected chi connectivity index (χ2v) is 9.52. The number of aromatic nitrogens is 4. The van der Waals surface area contributed by atoms with E-state index in [0.717, 1.165) is 66.8 Å². The number of morpholine rings is 1. The van der Waals surface area contributed by atoms with Gasteiger partial charge in [-0.1, -0.05) is 72.4 Å². The molecule has 1 fully saturated rings. The van der Waals surface area contributed by atoms with E-state index in [9.17, 15) is 0 Å². The van der Waals surface area contributed by atoms with E-state index in [1.165, 1.54) is 11.1 Å². The zero-order valence-corrected chi connectivity index (χ0v) is 19.4. The van der Waals surface area contributed by atoms with Gasteiger partial charge in [-0.05, 0) is 11.1 Å². The van der Waals surface area contributed by atoms with Crippen LogP contribution in [0.5, 0.6) is 0 Å². The Labute approximate surface area is 196 Å².